The minimum Gasteiger partial charge on any atom is -0.295 e. The van der Waals surface area contributed by atoms with E-state index in [1.807, 2.05) is 26.0 Å². The van der Waals surface area contributed by atoms with Crippen LogP contribution in [0.15, 0.2) is 23.3 Å². The monoisotopic (exact) mass is 507 g/mol. The minimum atomic E-state index is -0.632. The molecule has 0 saturated heterocycles. The van der Waals surface area contributed by atoms with Crippen LogP contribution in [0.5, 0.6) is 0 Å². The van der Waals surface area contributed by atoms with E-state index in [0.717, 1.165) is 24.8 Å². The van der Waals surface area contributed by atoms with Gasteiger partial charge in [-0.15, -0.1) is 0 Å². The Kier molecular flexibility index (Phi) is 7.67. The van der Waals surface area contributed by atoms with Gasteiger partial charge >= 0.3 is 0 Å². The summed E-state index contributed by atoms with van der Waals surface area (Å²) in [5.41, 5.74) is 0.818. The number of nitrogens with zero attached hydrogens (tertiary/aromatic N) is 1. The Morgan fingerprint density at radius 2 is 1.76 bits per heavy atom. The number of rotatable bonds is 6. The molecule has 2 fully saturated rings. The molecule has 0 aromatic carbocycles. The van der Waals surface area contributed by atoms with Gasteiger partial charge in [0.05, 0.1) is 5.57 Å². The normalized spacial score (nSPS) is 38.5. The minimum absolute atomic E-state index is 0.0383. The lowest BCUT2D eigenvalue weighted by molar-refractivity contribution is -0.131. The van der Waals surface area contributed by atoms with Crippen LogP contribution in [-0.4, -0.2) is 11.6 Å². The van der Waals surface area contributed by atoms with Gasteiger partial charge in [0.2, 0.25) is 0 Å². The second-order valence-corrected chi connectivity index (χ2v) is 15.5. The van der Waals surface area contributed by atoms with Crippen molar-refractivity contribution in [1.29, 1.82) is 5.26 Å². The molecular formula is C34H53NO2. The number of ketones is 2. The van der Waals surface area contributed by atoms with Crippen molar-refractivity contribution in [2.24, 2.45) is 44.3 Å². The van der Waals surface area contributed by atoms with Crippen molar-refractivity contribution in [2.45, 2.75) is 128 Å². The quantitative estimate of drug-likeness (QED) is 0.337. The van der Waals surface area contributed by atoms with E-state index in [-0.39, 0.29) is 33.9 Å². The van der Waals surface area contributed by atoms with Gasteiger partial charge in [-0.05, 0) is 91.4 Å². The lowest BCUT2D eigenvalue weighted by Gasteiger charge is -2.61. The molecule has 3 heteroatoms. The molecule has 3 nitrogen and oxygen atoms in total. The van der Waals surface area contributed by atoms with Gasteiger partial charge in [0.15, 0.2) is 11.6 Å². The Morgan fingerprint density at radius 3 is 2.27 bits per heavy atom. The number of hydrogen-bond donors (Lipinski definition) is 0. The predicted octanol–water partition coefficient (Wildman–Crippen LogP) is 9.03. The molecule has 3 aliphatic rings. The van der Waals surface area contributed by atoms with Gasteiger partial charge in [0.25, 0.3) is 0 Å². The molecular weight excluding hydrogens is 454 g/mol. The highest BCUT2D eigenvalue weighted by Crippen LogP contribution is 2.67. The molecule has 0 spiro atoms. The fraction of sp³-hybridized carbons (Fsp3) is 0.794. The standard InChI is InChI=1S/C34H53NO2/c1-12-34(17-15-29(4,5)20-23(34)2)18-16-30(6,7)33(11)14-13-26-31(8,9)28(37)25(22-35)21-32(26,10)27(33)19-24(3)36/h19,21,23,26H,12-18,20H2,1-11H3/b27-19-/t23?,26-,32-,33+,34+/m0/s1. The highest BCUT2D eigenvalue weighted by atomic mass is 16.1. The summed E-state index contributed by atoms with van der Waals surface area (Å²) in [7, 11) is 0. The molecule has 3 aliphatic carbocycles. The molecule has 1 unspecified atom stereocenters. The second kappa shape index (κ2) is 9.50. The first-order chi connectivity index (χ1) is 16.8. The van der Waals surface area contributed by atoms with Crippen molar-refractivity contribution >= 4 is 11.6 Å². The zero-order chi connectivity index (χ0) is 28.2. The zero-order valence-corrected chi connectivity index (χ0v) is 25.7. The summed E-state index contributed by atoms with van der Waals surface area (Å²) in [4.78, 5) is 25.9. The van der Waals surface area contributed by atoms with E-state index in [4.69, 9.17) is 0 Å². The molecule has 0 aromatic heterocycles. The van der Waals surface area contributed by atoms with Gasteiger partial charge in [-0.25, -0.2) is 0 Å². The predicted molar refractivity (Wildman–Crippen MR) is 153 cm³/mol. The molecule has 0 bridgehead atoms. The molecule has 0 radical (unpaired) electrons. The Bertz CT molecular complexity index is 1050. The maximum Gasteiger partial charge on any atom is 0.178 e. The number of fused-ring (bicyclic) bond motifs is 1. The highest BCUT2D eigenvalue weighted by Gasteiger charge is 2.61. The Morgan fingerprint density at radius 1 is 1.14 bits per heavy atom. The number of carbonyl (C=O) groups excluding carboxylic acids is 2. The summed E-state index contributed by atoms with van der Waals surface area (Å²) >= 11 is 0. The summed E-state index contributed by atoms with van der Waals surface area (Å²) in [5.74, 6) is 0.772. The maximum absolute atomic E-state index is 13.2. The topological polar surface area (TPSA) is 57.9 Å². The van der Waals surface area contributed by atoms with Crippen molar-refractivity contribution in [3.8, 4) is 6.07 Å². The molecule has 5 atom stereocenters. The van der Waals surface area contributed by atoms with E-state index >= 15 is 0 Å². The first-order valence-corrected chi connectivity index (χ1v) is 14.7. The first kappa shape index (κ1) is 29.9. The van der Waals surface area contributed by atoms with Crippen molar-refractivity contribution in [3.05, 3.63) is 23.3 Å². The van der Waals surface area contributed by atoms with Gasteiger partial charge in [0.1, 0.15) is 6.07 Å². The van der Waals surface area contributed by atoms with Crippen LogP contribution >= 0.6 is 0 Å². The number of Topliss-reactive ketones (excluding diaryl/α,β-unsaturated/α-hetero) is 1. The lowest BCUT2D eigenvalue weighted by atomic mass is 9.42. The molecule has 3 rings (SSSR count). The van der Waals surface area contributed by atoms with Crippen LogP contribution in [0, 0.1) is 55.7 Å². The molecule has 37 heavy (non-hydrogen) atoms. The van der Waals surface area contributed by atoms with Crippen LogP contribution in [0.3, 0.4) is 0 Å². The van der Waals surface area contributed by atoms with E-state index in [1.165, 1.54) is 32.1 Å². The second-order valence-electron chi connectivity index (χ2n) is 15.5. The van der Waals surface area contributed by atoms with E-state index < -0.39 is 10.8 Å². The molecule has 0 aromatic rings. The summed E-state index contributed by atoms with van der Waals surface area (Å²) in [5, 5.41) is 9.88. The van der Waals surface area contributed by atoms with Crippen molar-refractivity contribution in [2.75, 3.05) is 0 Å². The van der Waals surface area contributed by atoms with Crippen LogP contribution in [0.4, 0.5) is 0 Å². The number of allylic oxidation sites excluding steroid dienone is 4. The lowest BCUT2D eigenvalue weighted by Crippen LogP contribution is -2.55. The number of nitriles is 1. The highest BCUT2D eigenvalue weighted by molar-refractivity contribution is 6.04. The average Bonchev–Trinajstić information content (AvgIpc) is 2.78. The van der Waals surface area contributed by atoms with Crippen LogP contribution in [0.2, 0.25) is 0 Å². The largest absolute Gasteiger partial charge is 0.295 e. The van der Waals surface area contributed by atoms with E-state index in [0.29, 0.717) is 16.7 Å². The van der Waals surface area contributed by atoms with Crippen molar-refractivity contribution < 1.29 is 9.59 Å². The fourth-order valence-electron chi connectivity index (χ4n) is 9.01. The van der Waals surface area contributed by atoms with E-state index in [9.17, 15) is 14.9 Å². The average molecular weight is 508 g/mol. The van der Waals surface area contributed by atoms with Crippen LogP contribution in [-0.2, 0) is 9.59 Å². The summed E-state index contributed by atoms with van der Waals surface area (Å²) in [6.45, 7) is 24.7. The van der Waals surface area contributed by atoms with Crippen LogP contribution in [0.1, 0.15) is 128 Å². The Hall–Kier alpha value is -1.69. The SMILES string of the molecule is CC[C@]1(CCC(C)(C)[C@]2(C)CC[C@H]3C(C)(C)C(=O)C(C#N)=C[C@]3(C)/C2=C/C(C)=O)CCC(C)(C)CC1C. The maximum atomic E-state index is 13.2. The van der Waals surface area contributed by atoms with Crippen molar-refractivity contribution in [1.82, 2.24) is 0 Å². The van der Waals surface area contributed by atoms with E-state index in [1.54, 1.807) is 6.92 Å². The molecule has 2 saturated carbocycles. The van der Waals surface area contributed by atoms with Gasteiger partial charge in [-0.2, -0.15) is 5.26 Å². The molecule has 0 N–H and O–H groups in total. The van der Waals surface area contributed by atoms with Crippen LogP contribution < -0.4 is 0 Å². The van der Waals surface area contributed by atoms with Gasteiger partial charge in [-0.1, -0.05) is 87.3 Å². The Balaban J connectivity index is 2.05. The molecule has 206 valence electrons. The van der Waals surface area contributed by atoms with Gasteiger partial charge in [-0.3, -0.25) is 9.59 Å². The number of hydrogen-bond acceptors (Lipinski definition) is 3. The third-order valence-corrected chi connectivity index (χ3v) is 12.1. The smallest absolute Gasteiger partial charge is 0.178 e. The first-order valence-electron chi connectivity index (χ1n) is 14.7. The van der Waals surface area contributed by atoms with E-state index in [2.05, 4.69) is 61.5 Å². The van der Waals surface area contributed by atoms with Gasteiger partial charge in [0, 0.05) is 10.8 Å². The Labute approximate surface area is 227 Å². The molecule has 0 aliphatic heterocycles. The number of carbonyl (C=O) groups is 2. The fourth-order valence-corrected chi connectivity index (χ4v) is 9.01. The molecule has 0 heterocycles. The summed E-state index contributed by atoms with van der Waals surface area (Å²) in [6, 6.07) is 2.20. The van der Waals surface area contributed by atoms with Crippen molar-refractivity contribution in [3.63, 3.8) is 0 Å². The zero-order valence-electron chi connectivity index (χ0n) is 25.7. The molecule has 0 amide bonds. The van der Waals surface area contributed by atoms with Gasteiger partial charge < -0.3 is 0 Å². The van der Waals surface area contributed by atoms with Crippen LogP contribution in [0.25, 0.3) is 0 Å². The summed E-state index contributed by atoms with van der Waals surface area (Å²) < 4.78 is 0. The summed E-state index contributed by atoms with van der Waals surface area (Å²) in [6.07, 6.45) is 13.1. The third kappa shape index (κ3) is 4.81. The third-order valence-electron chi connectivity index (χ3n) is 12.1.